The molecular formula is C16H10F3N5O2S2. The molecule has 0 saturated heterocycles. The Bertz CT molecular complexity index is 1330. The summed E-state index contributed by atoms with van der Waals surface area (Å²) in [6, 6.07) is 5.10. The molecule has 0 amide bonds. The van der Waals surface area contributed by atoms with Crippen molar-refractivity contribution in [2.45, 2.75) is 13.1 Å². The van der Waals surface area contributed by atoms with Gasteiger partial charge in [-0.15, -0.1) is 10.2 Å². The van der Waals surface area contributed by atoms with Crippen molar-refractivity contribution < 1.29 is 13.2 Å². The van der Waals surface area contributed by atoms with Gasteiger partial charge < -0.3 is 0 Å². The van der Waals surface area contributed by atoms with E-state index in [4.69, 9.17) is 0 Å². The maximum atomic E-state index is 13.0. The SMILES string of the molecule is Cc1nnc(-c2nsc3ccc(-n4c(=O)cc(C(F)(F)F)n(C)c4=O)cc23)s1. The first-order valence-electron chi connectivity index (χ1n) is 7.77. The molecule has 1 aromatic carbocycles. The van der Waals surface area contributed by atoms with Gasteiger partial charge in [-0.2, -0.15) is 17.5 Å². The Balaban J connectivity index is 1.95. The Labute approximate surface area is 162 Å². The summed E-state index contributed by atoms with van der Waals surface area (Å²) < 4.78 is 45.3. The van der Waals surface area contributed by atoms with Crippen LogP contribution >= 0.6 is 22.9 Å². The Morgan fingerprint density at radius 3 is 2.50 bits per heavy atom. The number of fused-ring (bicyclic) bond motifs is 1. The summed E-state index contributed by atoms with van der Waals surface area (Å²) in [5.74, 6) is 0. The molecule has 7 nitrogen and oxygen atoms in total. The molecule has 0 saturated carbocycles. The van der Waals surface area contributed by atoms with Gasteiger partial charge in [0.05, 0.1) is 10.4 Å². The minimum atomic E-state index is -4.81. The topological polar surface area (TPSA) is 82.7 Å². The van der Waals surface area contributed by atoms with Crippen molar-refractivity contribution >= 4 is 33.0 Å². The lowest BCUT2D eigenvalue weighted by Gasteiger charge is -2.13. The molecule has 0 unspecified atom stereocenters. The van der Waals surface area contributed by atoms with Gasteiger partial charge in [0.25, 0.3) is 5.56 Å². The second-order valence-electron chi connectivity index (χ2n) is 5.88. The van der Waals surface area contributed by atoms with E-state index in [-0.39, 0.29) is 5.69 Å². The second kappa shape index (κ2) is 6.34. The van der Waals surface area contributed by atoms with Gasteiger partial charge in [0.15, 0.2) is 5.01 Å². The molecule has 3 aromatic heterocycles. The molecule has 0 atom stereocenters. The summed E-state index contributed by atoms with van der Waals surface area (Å²) in [6.45, 7) is 1.80. The highest BCUT2D eigenvalue weighted by Gasteiger charge is 2.35. The first-order chi connectivity index (χ1) is 13.2. The van der Waals surface area contributed by atoms with Crippen LogP contribution in [0.15, 0.2) is 33.9 Å². The van der Waals surface area contributed by atoms with Gasteiger partial charge in [-0.1, -0.05) is 11.3 Å². The van der Waals surface area contributed by atoms with E-state index in [1.54, 1.807) is 19.1 Å². The smallest absolute Gasteiger partial charge is 0.292 e. The Kier molecular flexibility index (Phi) is 4.19. The van der Waals surface area contributed by atoms with E-state index in [9.17, 15) is 22.8 Å². The second-order valence-corrected chi connectivity index (χ2v) is 7.87. The molecule has 3 heterocycles. The fourth-order valence-electron chi connectivity index (χ4n) is 2.75. The predicted molar refractivity (Wildman–Crippen MR) is 99.1 cm³/mol. The molecular weight excluding hydrogens is 415 g/mol. The van der Waals surface area contributed by atoms with Crippen molar-refractivity contribution in [3.63, 3.8) is 0 Å². The molecule has 0 bridgehead atoms. The number of halogens is 3. The zero-order valence-electron chi connectivity index (χ0n) is 14.3. The van der Waals surface area contributed by atoms with E-state index >= 15 is 0 Å². The monoisotopic (exact) mass is 425 g/mol. The molecule has 0 N–H and O–H groups in total. The van der Waals surface area contributed by atoms with Crippen LogP contribution in [0.3, 0.4) is 0 Å². The van der Waals surface area contributed by atoms with Gasteiger partial charge in [0.1, 0.15) is 16.4 Å². The minimum absolute atomic E-state index is 0.148. The van der Waals surface area contributed by atoms with Crippen LogP contribution in [-0.2, 0) is 13.2 Å². The van der Waals surface area contributed by atoms with Crippen molar-refractivity contribution in [3.8, 4) is 16.4 Å². The summed E-state index contributed by atoms with van der Waals surface area (Å²) in [5, 5.41) is 9.96. The summed E-state index contributed by atoms with van der Waals surface area (Å²) in [6.07, 6.45) is -4.81. The van der Waals surface area contributed by atoms with Crippen molar-refractivity contribution in [1.29, 1.82) is 0 Å². The molecule has 0 spiro atoms. The Hall–Kier alpha value is -2.86. The van der Waals surface area contributed by atoms with Gasteiger partial charge in [-0.3, -0.25) is 9.36 Å². The molecule has 0 aliphatic heterocycles. The lowest BCUT2D eigenvalue weighted by molar-refractivity contribution is -0.144. The highest BCUT2D eigenvalue weighted by molar-refractivity contribution is 7.16. The molecule has 12 heteroatoms. The van der Waals surface area contributed by atoms with Gasteiger partial charge in [-0.05, 0) is 36.7 Å². The van der Waals surface area contributed by atoms with Crippen molar-refractivity contribution in [2.75, 3.05) is 0 Å². The molecule has 28 heavy (non-hydrogen) atoms. The maximum absolute atomic E-state index is 13.0. The number of nitrogens with zero attached hydrogens (tertiary/aromatic N) is 5. The summed E-state index contributed by atoms with van der Waals surface area (Å²) in [4.78, 5) is 24.8. The van der Waals surface area contributed by atoms with Crippen LogP contribution in [0.5, 0.6) is 0 Å². The van der Waals surface area contributed by atoms with Gasteiger partial charge in [0, 0.05) is 18.5 Å². The standard InChI is InChI=1S/C16H10F3N5O2S2/c1-7-20-21-14(27-7)13-9-5-8(3-4-10(9)28-22-13)24-12(25)6-11(16(17,18)19)23(2)15(24)26/h3-6H,1-2H3. The summed E-state index contributed by atoms with van der Waals surface area (Å²) >= 11 is 2.55. The minimum Gasteiger partial charge on any atom is -0.292 e. The van der Waals surface area contributed by atoms with Gasteiger partial charge >= 0.3 is 11.9 Å². The number of alkyl halides is 3. The molecule has 0 fully saturated rings. The highest BCUT2D eigenvalue weighted by Crippen LogP contribution is 2.33. The number of aromatic nitrogens is 5. The number of hydrogen-bond acceptors (Lipinski definition) is 7. The van der Waals surface area contributed by atoms with E-state index < -0.39 is 23.1 Å². The highest BCUT2D eigenvalue weighted by atomic mass is 32.1. The number of aryl methyl sites for hydroxylation is 1. The fourth-order valence-corrected chi connectivity index (χ4v) is 4.26. The number of rotatable bonds is 2. The molecule has 0 aliphatic carbocycles. The third-order valence-electron chi connectivity index (χ3n) is 4.05. The van der Waals surface area contributed by atoms with Crippen molar-refractivity contribution in [3.05, 3.63) is 55.8 Å². The molecule has 4 aromatic rings. The van der Waals surface area contributed by atoms with Crippen LogP contribution in [0.4, 0.5) is 13.2 Å². The number of hydrogen-bond donors (Lipinski definition) is 0. The average Bonchev–Trinajstić information content (AvgIpc) is 3.22. The quantitative estimate of drug-likeness (QED) is 0.493. The first kappa shape index (κ1) is 18.5. The third kappa shape index (κ3) is 2.94. The van der Waals surface area contributed by atoms with Crippen LogP contribution in [0.25, 0.3) is 26.5 Å². The zero-order valence-corrected chi connectivity index (χ0v) is 15.9. The number of benzene rings is 1. The van der Waals surface area contributed by atoms with Crippen LogP contribution < -0.4 is 11.2 Å². The summed E-state index contributed by atoms with van der Waals surface area (Å²) in [5.41, 5.74) is -2.76. The van der Waals surface area contributed by atoms with E-state index in [1.165, 1.54) is 28.9 Å². The van der Waals surface area contributed by atoms with E-state index in [0.29, 0.717) is 31.3 Å². The predicted octanol–water partition coefficient (Wildman–Crippen LogP) is 2.99. The maximum Gasteiger partial charge on any atom is 0.431 e. The van der Waals surface area contributed by atoms with Crippen LogP contribution in [0.1, 0.15) is 10.7 Å². The van der Waals surface area contributed by atoms with Crippen LogP contribution in [0, 0.1) is 6.92 Å². The first-order valence-corrected chi connectivity index (χ1v) is 9.36. The van der Waals surface area contributed by atoms with Crippen molar-refractivity contribution in [2.24, 2.45) is 7.05 Å². The molecule has 4 rings (SSSR count). The fraction of sp³-hybridized carbons (Fsp3) is 0.188. The van der Waals surface area contributed by atoms with Crippen molar-refractivity contribution in [1.82, 2.24) is 23.7 Å². The van der Waals surface area contributed by atoms with E-state index in [1.807, 2.05) is 0 Å². The molecule has 144 valence electrons. The molecule has 0 radical (unpaired) electrons. The van der Waals surface area contributed by atoms with Gasteiger partial charge in [0.2, 0.25) is 0 Å². The summed E-state index contributed by atoms with van der Waals surface area (Å²) in [7, 11) is 0.973. The lowest BCUT2D eigenvalue weighted by Crippen LogP contribution is -2.40. The van der Waals surface area contributed by atoms with Crippen LogP contribution in [-0.4, -0.2) is 23.7 Å². The van der Waals surface area contributed by atoms with Gasteiger partial charge in [-0.25, -0.2) is 9.36 Å². The van der Waals surface area contributed by atoms with E-state index in [0.717, 1.165) is 16.8 Å². The largest absolute Gasteiger partial charge is 0.431 e. The Morgan fingerprint density at radius 2 is 1.86 bits per heavy atom. The third-order valence-corrected chi connectivity index (χ3v) is 5.72. The molecule has 0 aliphatic rings. The average molecular weight is 425 g/mol. The zero-order chi connectivity index (χ0) is 20.2. The Morgan fingerprint density at radius 1 is 1.11 bits per heavy atom. The normalized spacial score (nSPS) is 12.0. The van der Waals surface area contributed by atoms with E-state index in [2.05, 4.69) is 14.6 Å². The van der Waals surface area contributed by atoms with Crippen LogP contribution in [0.2, 0.25) is 0 Å². The lowest BCUT2D eigenvalue weighted by atomic mass is 10.2.